The van der Waals surface area contributed by atoms with Crippen molar-refractivity contribution in [1.29, 1.82) is 0 Å². The minimum absolute atomic E-state index is 0. The van der Waals surface area contributed by atoms with Gasteiger partial charge < -0.3 is 14.8 Å². The van der Waals surface area contributed by atoms with Crippen LogP contribution in [0.15, 0.2) is 18.2 Å². The third-order valence-electron chi connectivity index (χ3n) is 2.92. The summed E-state index contributed by atoms with van der Waals surface area (Å²) >= 11 is 6.02. The molecule has 0 amide bonds. The molecule has 0 fully saturated rings. The van der Waals surface area contributed by atoms with E-state index in [4.69, 9.17) is 21.1 Å². The first kappa shape index (κ1) is 20.5. The summed E-state index contributed by atoms with van der Waals surface area (Å²) in [5.41, 5.74) is 1.10. The summed E-state index contributed by atoms with van der Waals surface area (Å²) < 4.78 is 11.1. The van der Waals surface area contributed by atoms with Gasteiger partial charge in [0.25, 0.3) is 0 Å². The summed E-state index contributed by atoms with van der Waals surface area (Å²) in [4.78, 5) is 0. The fourth-order valence-electron chi connectivity index (χ4n) is 1.85. The molecule has 0 saturated carbocycles. The number of halogens is 2. The summed E-state index contributed by atoms with van der Waals surface area (Å²) in [6.07, 6.45) is 3.36. The first-order chi connectivity index (χ1) is 9.77. The van der Waals surface area contributed by atoms with E-state index in [1.54, 1.807) is 0 Å². The van der Waals surface area contributed by atoms with Gasteiger partial charge in [-0.25, -0.2) is 0 Å². The predicted octanol–water partition coefficient (Wildman–Crippen LogP) is 4.46. The zero-order valence-corrected chi connectivity index (χ0v) is 14.6. The Morgan fingerprint density at radius 2 is 1.90 bits per heavy atom. The molecule has 3 nitrogen and oxygen atoms in total. The Balaban J connectivity index is 0.00000400. The van der Waals surface area contributed by atoms with Crippen molar-refractivity contribution >= 4 is 24.0 Å². The Morgan fingerprint density at radius 1 is 1.14 bits per heavy atom. The molecule has 0 unspecified atom stereocenters. The first-order valence-electron chi connectivity index (χ1n) is 7.47. The Morgan fingerprint density at radius 3 is 2.62 bits per heavy atom. The molecule has 1 rings (SSSR count). The van der Waals surface area contributed by atoms with Crippen molar-refractivity contribution < 1.29 is 9.47 Å². The fourth-order valence-corrected chi connectivity index (χ4v) is 2.05. The number of ether oxygens (including phenoxy) is 2. The Kier molecular flexibility index (Phi) is 12.9. The van der Waals surface area contributed by atoms with Crippen molar-refractivity contribution in [3.8, 4) is 5.75 Å². The fraction of sp³-hybridized carbons (Fsp3) is 0.625. The summed E-state index contributed by atoms with van der Waals surface area (Å²) in [5.74, 6) is 0.906. The lowest BCUT2D eigenvalue weighted by molar-refractivity contribution is 0.128. The molecule has 1 aromatic rings. The molecule has 122 valence electrons. The Bertz CT molecular complexity index is 375. The van der Waals surface area contributed by atoms with E-state index in [1.165, 1.54) is 6.42 Å². The van der Waals surface area contributed by atoms with E-state index in [9.17, 15) is 0 Å². The molecule has 0 atom stereocenters. The number of hydrogen-bond acceptors (Lipinski definition) is 3. The normalized spacial score (nSPS) is 10.2. The van der Waals surface area contributed by atoms with Crippen molar-refractivity contribution in [2.75, 3.05) is 26.4 Å². The number of nitrogens with one attached hydrogen (secondary N) is 1. The van der Waals surface area contributed by atoms with Gasteiger partial charge in [0.05, 0.1) is 6.61 Å². The highest BCUT2D eigenvalue weighted by molar-refractivity contribution is 6.30. The van der Waals surface area contributed by atoms with E-state index in [0.29, 0.717) is 6.61 Å². The van der Waals surface area contributed by atoms with Crippen LogP contribution in [-0.2, 0) is 11.3 Å². The number of benzene rings is 1. The molecular formula is C16H27Cl2NO2. The molecule has 21 heavy (non-hydrogen) atoms. The summed E-state index contributed by atoms with van der Waals surface area (Å²) in [7, 11) is 0. The van der Waals surface area contributed by atoms with Gasteiger partial charge in [-0.05, 0) is 44.5 Å². The third kappa shape index (κ3) is 9.20. The van der Waals surface area contributed by atoms with Gasteiger partial charge in [-0.3, -0.25) is 0 Å². The van der Waals surface area contributed by atoms with Crippen LogP contribution in [0, 0.1) is 0 Å². The highest BCUT2D eigenvalue weighted by atomic mass is 35.5. The predicted molar refractivity (Wildman–Crippen MR) is 91.9 cm³/mol. The maximum absolute atomic E-state index is 6.02. The second kappa shape index (κ2) is 13.2. The van der Waals surface area contributed by atoms with Crippen LogP contribution in [0.25, 0.3) is 0 Å². The summed E-state index contributed by atoms with van der Waals surface area (Å²) in [5, 5.41) is 4.14. The second-order valence-electron chi connectivity index (χ2n) is 4.68. The second-order valence-corrected chi connectivity index (χ2v) is 5.12. The van der Waals surface area contributed by atoms with E-state index in [1.807, 2.05) is 25.1 Å². The van der Waals surface area contributed by atoms with E-state index >= 15 is 0 Å². The monoisotopic (exact) mass is 335 g/mol. The Labute approximate surface area is 139 Å². The van der Waals surface area contributed by atoms with Gasteiger partial charge in [0.2, 0.25) is 0 Å². The van der Waals surface area contributed by atoms with Crippen LogP contribution in [0.5, 0.6) is 5.75 Å². The molecule has 0 aliphatic heterocycles. The average Bonchev–Trinajstić information content (AvgIpc) is 2.44. The Hall–Kier alpha value is -0.480. The molecule has 5 heteroatoms. The lowest BCUT2D eigenvalue weighted by Gasteiger charge is -2.11. The first-order valence-corrected chi connectivity index (χ1v) is 7.85. The highest BCUT2D eigenvalue weighted by Crippen LogP contribution is 2.22. The molecule has 0 bridgehead atoms. The molecule has 1 aromatic carbocycles. The molecule has 0 aliphatic carbocycles. The van der Waals surface area contributed by atoms with Crippen molar-refractivity contribution in [3.05, 3.63) is 28.8 Å². The number of hydrogen-bond donors (Lipinski definition) is 1. The van der Waals surface area contributed by atoms with Gasteiger partial charge in [-0.2, -0.15) is 0 Å². The number of rotatable bonds is 11. The maximum atomic E-state index is 6.02. The number of unbranched alkanes of at least 4 members (excludes halogenated alkanes) is 1. The molecule has 0 heterocycles. The molecule has 0 radical (unpaired) electrons. The van der Waals surface area contributed by atoms with E-state index in [0.717, 1.165) is 55.5 Å². The van der Waals surface area contributed by atoms with Gasteiger partial charge in [0.1, 0.15) is 5.75 Å². The van der Waals surface area contributed by atoms with Crippen LogP contribution in [0.1, 0.15) is 38.7 Å². The van der Waals surface area contributed by atoms with Gasteiger partial charge in [-0.1, -0.05) is 24.9 Å². The lowest BCUT2D eigenvalue weighted by atomic mass is 10.2. The van der Waals surface area contributed by atoms with Crippen LogP contribution in [0.2, 0.25) is 5.02 Å². The van der Waals surface area contributed by atoms with Gasteiger partial charge in [0.15, 0.2) is 0 Å². The van der Waals surface area contributed by atoms with Crippen molar-refractivity contribution in [2.24, 2.45) is 0 Å². The van der Waals surface area contributed by atoms with Crippen LogP contribution in [0.4, 0.5) is 0 Å². The van der Waals surface area contributed by atoms with E-state index in [-0.39, 0.29) is 12.4 Å². The van der Waals surface area contributed by atoms with Gasteiger partial charge >= 0.3 is 0 Å². The highest BCUT2D eigenvalue weighted by Gasteiger charge is 2.04. The van der Waals surface area contributed by atoms with Gasteiger partial charge in [-0.15, -0.1) is 12.4 Å². The standard InChI is InChI=1S/C16H26ClNO2.ClH/c1-3-5-10-19-11-6-9-18-13-14-12-15(17)7-8-16(14)20-4-2;/h7-8,12,18H,3-6,9-11,13H2,1-2H3;1H. The van der Waals surface area contributed by atoms with E-state index in [2.05, 4.69) is 12.2 Å². The lowest BCUT2D eigenvalue weighted by Crippen LogP contribution is -2.17. The van der Waals surface area contributed by atoms with Crippen LogP contribution in [0.3, 0.4) is 0 Å². The van der Waals surface area contributed by atoms with Crippen LogP contribution in [-0.4, -0.2) is 26.4 Å². The van der Waals surface area contributed by atoms with E-state index < -0.39 is 0 Å². The van der Waals surface area contributed by atoms with Crippen molar-refractivity contribution in [1.82, 2.24) is 5.32 Å². The molecular weight excluding hydrogens is 309 g/mol. The largest absolute Gasteiger partial charge is 0.494 e. The van der Waals surface area contributed by atoms with Crippen molar-refractivity contribution in [2.45, 2.75) is 39.7 Å². The van der Waals surface area contributed by atoms with Crippen LogP contribution >= 0.6 is 24.0 Å². The molecule has 0 spiro atoms. The minimum atomic E-state index is 0. The van der Waals surface area contributed by atoms with Gasteiger partial charge in [0, 0.05) is 30.3 Å². The third-order valence-corrected chi connectivity index (χ3v) is 3.16. The summed E-state index contributed by atoms with van der Waals surface area (Å²) in [6, 6.07) is 5.74. The topological polar surface area (TPSA) is 30.5 Å². The minimum Gasteiger partial charge on any atom is -0.494 e. The molecule has 0 aliphatic rings. The quantitative estimate of drug-likeness (QED) is 0.605. The molecule has 0 saturated heterocycles. The molecule has 1 N–H and O–H groups in total. The molecule has 0 aromatic heterocycles. The maximum Gasteiger partial charge on any atom is 0.123 e. The zero-order valence-electron chi connectivity index (χ0n) is 13.0. The van der Waals surface area contributed by atoms with Crippen LogP contribution < -0.4 is 10.1 Å². The zero-order chi connectivity index (χ0) is 14.6. The SMILES string of the molecule is CCCCOCCCNCc1cc(Cl)ccc1OCC.Cl. The average molecular weight is 336 g/mol. The summed E-state index contributed by atoms with van der Waals surface area (Å²) in [6.45, 7) is 8.22. The smallest absolute Gasteiger partial charge is 0.123 e. The van der Waals surface area contributed by atoms with Crippen molar-refractivity contribution in [3.63, 3.8) is 0 Å².